The third-order valence-corrected chi connectivity index (χ3v) is 7.10. The molecule has 0 unspecified atom stereocenters. The number of ether oxygens (including phenoxy) is 2. The van der Waals surface area contributed by atoms with E-state index in [1.54, 1.807) is 32.1 Å². The summed E-state index contributed by atoms with van der Waals surface area (Å²) in [5.74, 6) is 0.149. The van der Waals surface area contributed by atoms with Crippen LogP contribution in [-0.4, -0.2) is 23.8 Å². The fraction of sp³-hybridized carbons (Fsp3) is 0.240. The fourth-order valence-corrected chi connectivity index (χ4v) is 5.50. The number of rotatable bonds is 6. The van der Waals surface area contributed by atoms with Gasteiger partial charge in [-0.2, -0.15) is 0 Å². The highest BCUT2D eigenvalue weighted by Crippen LogP contribution is 2.34. The van der Waals surface area contributed by atoms with Gasteiger partial charge >= 0.3 is 5.97 Å². The number of benzene rings is 2. The Morgan fingerprint density at radius 2 is 2.00 bits per heavy atom. The average Bonchev–Trinajstić information content (AvgIpc) is 3.10. The summed E-state index contributed by atoms with van der Waals surface area (Å²) >= 11 is 11.3. The zero-order valence-corrected chi connectivity index (χ0v) is 22.0. The first-order chi connectivity index (χ1) is 16.3. The molecule has 3 aromatic rings. The second kappa shape index (κ2) is 10.3. The Morgan fingerprint density at radius 1 is 1.24 bits per heavy atom. The number of fused-ring (bicyclic) bond motifs is 1. The smallest absolute Gasteiger partial charge is 0.338 e. The average molecular weight is 562 g/mol. The maximum absolute atomic E-state index is 13.7. The highest BCUT2D eigenvalue weighted by atomic mass is 79.9. The summed E-state index contributed by atoms with van der Waals surface area (Å²) in [5.41, 5.74) is 1.91. The predicted octanol–water partition coefficient (Wildman–Crippen LogP) is 4.61. The maximum atomic E-state index is 13.7. The summed E-state index contributed by atoms with van der Waals surface area (Å²) < 4.78 is 13.9. The number of carbonyl (C=O) groups is 1. The quantitative estimate of drug-likeness (QED) is 0.412. The van der Waals surface area contributed by atoms with E-state index < -0.39 is 12.0 Å². The lowest BCUT2D eigenvalue weighted by molar-refractivity contribution is -0.139. The summed E-state index contributed by atoms with van der Waals surface area (Å²) in [6, 6.07) is 12.1. The molecule has 2 aromatic carbocycles. The van der Waals surface area contributed by atoms with Crippen molar-refractivity contribution in [1.29, 1.82) is 0 Å². The molecule has 0 N–H and O–H groups in total. The number of carbonyl (C=O) groups excluding carboxylic acids is 1. The van der Waals surface area contributed by atoms with Crippen LogP contribution in [0.2, 0.25) is 5.02 Å². The van der Waals surface area contributed by atoms with Gasteiger partial charge in [0.2, 0.25) is 0 Å². The molecule has 1 aliphatic rings. The SMILES string of the molecule is CCOC(=O)C1=C(C)N=c2s/c(=C\c3cc(Br)ccc3OCC)c(=O)n2[C@@H]1c1ccccc1Cl. The van der Waals surface area contributed by atoms with Gasteiger partial charge in [0.25, 0.3) is 5.56 Å². The van der Waals surface area contributed by atoms with Gasteiger partial charge in [0.15, 0.2) is 4.80 Å². The lowest BCUT2D eigenvalue weighted by Gasteiger charge is -2.25. The number of thiazole rings is 1. The Hall–Kier alpha value is -2.68. The molecule has 1 atom stereocenters. The van der Waals surface area contributed by atoms with Crippen molar-refractivity contribution in [3.63, 3.8) is 0 Å². The van der Waals surface area contributed by atoms with Crippen LogP contribution in [0.4, 0.5) is 0 Å². The molecular weight excluding hydrogens is 540 g/mol. The monoisotopic (exact) mass is 560 g/mol. The molecule has 2 heterocycles. The Labute approximate surface area is 213 Å². The van der Waals surface area contributed by atoms with E-state index in [-0.39, 0.29) is 12.2 Å². The van der Waals surface area contributed by atoms with Crippen molar-refractivity contribution in [1.82, 2.24) is 4.57 Å². The van der Waals surface area contributed by atoms with Crippen molar-refractivity contribution in [2.45, 2.75) is 26.8 Å². The minimum atomic E-state index is -0.750. The van der Waals surface area contributed by atoms with Gasteiger partial charge in [-0.3, -0.25) is 9.36 Å². The molecule has 0 saturated carbocycles. The molecule has 1 aliphatic heterocycles. The van der Waals surface area contributed by atoms with E-state index in [9.17, 15) is 9.59 Å². The number of allylic oxidation sites excluding steroid dienone is 1. The minimum Gasteiger partial charge on any atom is -0.493 e. The normalized spacial score (nSPS) is 15.7. The molecule has 9 heteroatoms. The standard InChI is InChI=1S/C25H22BrClN2O4S/c1-4-32-19-11-10-16(26)12-15(19)13-20-23(30)29-22(17-8-6-7-9-18(17)27)21(24(31)33-5-2)14(3)28-25(29)34-20/h6-13,22H,4-5H2,1-3H3/b20-13-/t22-/m1/s1. The Balaban J connectivity index is 1.98. The van der Waals surface area contributed by atoms with Crippen molar-refractivity contribution in [3.8, 4) is 5.75 Å². The molecule has 176 valence electrons. The molecule has 0 saturated heterocycles. The molecule has 0 fully saturated rings. The molecule has 34 heavy (non-hydrogen) atoms. The Kier molecular flexibility index (Phi) is 7.40. The zero-order chi connectivity index (χ0) is 24.4. The van der Waals surface area contributed by atoms with Gasteiger partial charge in [-0.1, -0.05) is 57.1 Å². The van der Waals surface area contributed by atoms with Crippen molar-refractivity contribution in [2.24, 2.45) is 4.99 Å². The number of aromatic nitrogens is 1. The molecule has 0 amide bonds. The van der Waals surface area contributed by atoms with Crippen LogP contribution in [0, 0.1) is 0 Å². The largest absolute Gasteiger partial charge is 0.493 e. The van der Waals surface area contributed by atoms with Crippen LogP contribution >= 0.6 is 38.9 Å². The first-order valence-corrected chi connectivity index (χ1v) is 12.7. The van der Waals surface area contributed by atoms with Gasteiger partial charge in [-0.25, -0.2) is 9.79 Å². The molecular formula is C25H22BrClN2O4S. The lowest BCUT2D eigenvalue weighted by atomic mass is 9.96. The molecule has 0 radical (unpaired) electrons. The van der Waals surface area contributed by atoms with E-state index in [1.807, 2.05) is 37.3 Å². The van der Waals surface area contributed by atoms with Gasteiger partial charge in [-0.05, 0) is 56.7 Å². The third-order valence-electron chi connectivity index (χ3n) is 5.28. The van der Waals surface area contributed by atoms with Gasteiger partial charge in [0.05, 0.1) is 29.0 Å². The van der Waals surface area contributed by atoms with Crippen molar-refractivity contribution in [3.05, 3.63) is 94.0 Å². The molecule has 4 rings (SSSR count). The summed E-state index contributed by atoms with van der Waals surface area (Å²) in [6.07, 6.45) is 1.78. The van der Waals surface area contributed by atoms with Crippen molar-refractivity contribution < 1.29 is 14.3 Å². The first-order valence-electron chi connectivity index (χ1n) is 10.7. The van der Waals surface area contributed by atoms with Crippen LogP contribution in [-0.2, 0) is 9.53 Å². The topological polar surface area (TPSA) is 69.9 Å². The number of halogens is 2. The Bertz CT molecular complexity index is 1470. The maximum Gasteiger partial charge on any atom is 0.338 e. The van der Waals surface area contributed by atoms with Gasteiger partial charge in [-0.15, -0.1) is 0 Å². The third kappa shape index (κ3) is 4.62. The van der Waals surface area contributed by atoms with Crippen LogP contribution in [0.15, 0.2) is 68.0 Å². The number of hydrogen-bond acceptors (Lipinski definition) is 6. The number of esters is 1. The van der Waals surface area contributed by atoms with Crippen LogP contribution < -0.4 is 19.6 Å². The highest BCUT2D eigenvalue weighted by Gasteiger charge is 2.34. The Morgan fingerprint density at radius 3 is 2.71 bits per heavy atom. The summed E-state index contributed by atoms with van der Waals surface area (Å²) in [5, 5.41) is 0.448. The van der Waals surface area contributed by atoms with Crippen molar-refractivity contribution >= 4 is 50.9 Å². The second-order valence-electron chi connectivity index (χ2n) is 7.44. The second-order valence-corrected chi connectivity index (χ2v) is 9.77. The molecule has 0 bridgehead atoms. The molecule has 1 aromatic heterocycles. The van der Waals surface area contributed by atoms with E-state index >= 15 is 0 Å². The van der Waals surface area contributed by atoms with E-state index in [0.29, 0.717) is 43.5 Å². The van der Waals surface area contributed by atoms with E-state index in [2.05, 4.69) is 20.9 Å². The van der Waals surface area contributed by atoms with Gasteiger partial charge in [0.1, 0.15) is 11.8 Å². The molecule has 0 spiro atoms. The van der Waals surface area contributed by atoms with Crippen LogP contribution in [0.5, 0.6) is 5.75 Å². The van der Waals surface area contributed by atoms with E-state index in [1.165, 1.54) is 15.9 Å². The van der Waals surface area contributed by atoms with Gasteiger partial charge < -0.3 is 9.47 Å². The lowest BCUT2D eigenvalue weighted by Crippen LogP contribution is -2.40. The minimum absolute atomic E-state index is 0.207. The number of hydrogen-bond donors (Lipinski definition) is 0. The highest BCUT2D eigenvalue weighted by molar-refractivity contribution is 9.10. The van der Waals surface area contributed by atoms with Crippen LogP contribution in [0.25, 0.3) is 6.08 Å². The summed E-state index contributed by atoms with van der Waals surface area (Å²) in [7, 11) is 0. The van der Waals surface area contributed by atoms with E-state index in [0.717, 1.165) is 10.0 Å². The van der Waals surface area contributed by atoms with Crippen LogP contribution in [0.1, 0.15) is 37.9 Å². The first kappa shape index (κ1) is 24.4. The molecule has 0 aliphatic carbocycles. The van der Waals surface area contributed by atoms with E-state index in [4.69, 9.17) is 21.1 Å². The summed E-state index contributed by atoms with van der Waals surface area (Å²) in [4.78, 5) is 31.7. The fourth-order valence-electron chi connectivity index (χ4n) is 3.84. The molecule has 6 nitrogen and oxygen atoms in total. The van der Waals surface area contributed by atoms with Gasteiger partial charge in [0, 0.05) is 15.1 Å². The predicted molar refractivity (Wildman–Crippen MR) is 137 cm³/mol. The van der Waals surface area contributed by atoms with Crippen molar-refractivity contribution in [2.75, 3.05) is 13.2 Å². The number of nitrogens with zero attached hydrogens (tertiary/aromatic N) is 2. The summed E-state index contributed by atoms with van der Waals surface area (Å²) in [6.45, 7) is 6.09. The van der Waals surface area contributed by atoms with Crippen LogP contribution in [0.3, 0.4) is 0 Å². The zero-order valence-electron chi connectivity index (χ0n) is 18.8.